The molecule has 0 spiro atoms. The van der Waals surface area contributed by atoms with Gasteiger partial charge in [0.25, 0.3) is 5.91 Å². The van der Waals surface area contributed by atoms with Crippen LogP contribution in [-0.2, 0) is 0 Å². The molecule has 0 aliphatic rings. The number of pyridine rings is 2. The van der Waals surface area contributed by atoms with Crippen molar-refractivity contribution >= 4 is 34.8 Å². The van der Waals surface area contributed by atoms with Crippen LogP contribution in [0.25, 0.3) is 0 Å². The van der Waals surface area contributed by atoms with Crippen LogP contribution in [0.5, 0.6) is 0 Å². The van der Waals surface area contributed by atoms with E-state index in [1.807, 2.05) is 19.9 Å². The fourth-order valence-electron chi connectivity index (χ4n) is 1.68. The number of halogens is 2. The molecular formula is C13H11Cl2N3O. The Morgan fingerprint density at radius 1 is 1.26 bits per heavy atom. The normalized spacial score (nSPS) is 10.3. The first-order valence-corrected chi connectivity index (χ1v) is 6.30. The van der Waals surface area contributed by atoms with Crippen LogP contribution in [0.3, 0.4) is 0 Å². The molecule has 4 nitrogen and oxygen atoms in total. The quantitative estimate of drug-likeness (QED) is 0.861. The summed E-state index contributed by atoms with van der Waals surface area (Å²) in [5.74, 6) is -0.367. The molecule has 2 rings (SSSR count). The zero-order chi connectivity index (χ0) is 14.0. The van der Waals surface area contributed by atoms with E-state index in [0.717, 1.165) is 11.3 Å². The van der Waals surface area contributed by atoms with Crippen LogP contribution >= 0.6 is 23.2 Å². The van der Waals surface area contributed by atoms with E-state index in [0.29, 0.717) is 11.3 Å². The number of anilines is 1. The summed E-state index contributed by atoms with van der Waals surface area (Å²) in [7, 11) is 0. The number of aromatic nitrogens is 2. The van der Waals surface area contributed by atoms with Crippen LogP contribution < -0.4 is 5.32 Å². The summed E-state index contributed by atoms with van der Waals surface area (Å²) in [4.78, 5) is 20.1. The number of carbonyl (C=O) groups excluding carboxylic acids is 1. The minimum Gasteiger partial charge on any atom is -0.319 e. The van der Waals surface area contributed by atoms with Gasteiger partial charge in [0.1, 0.15) is 5.15 Å². The van der Waals surface area contributed by atoms with Gasteiger partial charge in [-0.15, -0.1) is 0 Å². The van der Waals surface area contributed by atoms with Crippen LogP contribution in [-0.4, -0.2) is 15.9 Å². The summed E-state index contributed by atoms with van der Waals surface area (Å²) < 4.78 is 0. The number of nitrogens with one attached hydrogen (secondary N) is 1. The molecule has 0 unspecified atom stereocenters. The molecule has 19 heavy (non-hydrogen) atoms. The average Bonchev–Trinajstić information content (AvgIpc) is 2.34. The zero-order valence-corrected chi connectivity index (χ0v) is 11.9. The second kappa shape index (κ2) is 5.55. The lowest BCUT2D eigenvalue weighted by Crippen LogP contribution is -2.14. The highest BCUT2D eigenvalue weighted by molar-refractivity contribution is 6.34. The van der Waals surface area contributed by atoms with E-state index in [9.17, 15) is 4.79 Å². The first kappa shape index (κ1) is 13.8. The molecule has 0 atom stereocenters. The molecule has 2 aromatic rings. The minimum absolute atomic E-state index is 0.147. The smallest absolute Gasteiger partial charge is 0.258 e. The van der Waals surface area contributed by atoms with Gasteiger partial charge in [-0.1, -0.05) is 23.2 Å². The number of hydrogen-bond donors (Lipinski definition) is 1. The molecule has 1 N–H and O–H groups in total. The molecule has 0 saturated carbocycles. The van der Waals surface area contributed by atoms with Gasteiger partial charge in [0.05, 0.1) is 11.3 Å². The van der Waals surface area contributed by atoms with Crippen LogP contribution in [0.15, 0.2) is 24.4 Å². The maximum Gasteiger partial charge on any atom is 0.258 e. The van der Waals surface area contributed by atoms with Crippen molar-refractivity contribution in [2.24, 2.45) is 0 Å². The number of amides is 1. The van der Waals surface area contributed by atoms with E-state index in [4.69, 9.17) is 23.2 Å². The van der Waals surface area contributed by atoms with Crippen molar-refractivity contribution in [3.05, 3.63) is 51.5 Å². The van der Waals surface area contributed by atoms with Gasteiger partial charge in [0.15, 0.2) is 5.15 Å². The van der Waals surface area contributed by atoms with E-state index >= 15 is 0 Å². The third-order valence-corrected chi connectivity index (χ3v) is 3.12. The SMILES string of the molecule is Cc1cc(C)c(NC(=O)c2cccnc2Cl)c(Cl)n1. The summed E-state index contributed by atoms with van der Waals surface area (Å²) in [5.41, 5.74) is 2.41. The molecule has 0 radical (unpaired) electrons. The third kappa shape index (κ3) is 3.03. The molecule has 1 amide bonds. The van der Waals surface area contributed by atoms with Gasteiger partial charge in [-0.25, -0.2) is 9.97 Å². The van der Waals surface area contributed by atoms with E-state index < -0.39 is 0 Å². The van der Waals surface area contributed by atoms with Crippen molar-refractivity contribution < 1.29 is 4.79 Å². The molecule has 2 aromatic heterocycles. The summed E-state index contributed by atoms with van der Waals surface area (Å²) in [6.07, 6.45) is 1.52. The zero-order valence-electron chi connectivity index (χ0n) is 10.4. The Morgan fingerprint density at radius 2 is 2.00 bits per heavy atom. The molecule has 0 aromatic carbocycles. The van der Waals surface area contributed by atoms with Gasteiger partial charge in [0.2, 0.25) is 0 Å². The fraction of sp³-hybridized carbons (Fsp3) is 0.154. The van der Waals surface area contributed by atoms with Crippen LogP contribution in [0.2, 0.25) is 10.3 Å². The maximum atomic E-state index is 12.1. The molecule has 6 heteroatoms. The number of rotatable bonds is 2. The van der Waals surface area contributed by atoms with Crippen molar-refractivity contribution in [3.8, 4) is 0 Å². The number of carbonyl (C=O) groups is 1. The van der Waals surface area contributed by atoms with Gasteiger partial charge in [0, 0.05) is 11.9 Å². The molecule has 0 aliphatic carbocycles. The first-order chi connectivity index (χ1) is 8.99. The minimum atomic E-state index is -0.367. The van der Waals surface area contributed by atoms with Crippen molar-refractivity contribution in [2.45, 2.75) is 13.8 Å². The summed E-state index contributed by atoms with van der Waals surface area (Å²) >= 11 is 11.9. The second-order valence-electron chi connectivity index (χ2n) is 4.04. The largest absolute Gasteiger partial charge is 0.319 e. The number of aryl methyl sites for hydroxylation is 2. The lowest BCUT2D eigenvalue weighted by Gasteiger charge is -2.11. The van der Waals surface area contributed by atoms with Crippen molar-refractivity contribution in [1.82, 2.24) is 9.97 Å². The molecule has 0 bridgehead atoms. The molecule has 2 heterocycles. The van der Waals surface area contributed by atoms with Crippen molar-refractivity contribution in [1.29, 1.82) is 0 Å². The molecule has 98 valence electrons. The Balaban J connectivity index is 2.32. The summed E-state index contributed by atoms with van der Waals surface area (Å²) in [6, 6.07) is 5.07. The van der Waals surface area contributed by atoms with E-state index in [-0.39, 0.29) is 16.2 Å². The summed E-state index contributed by atoms with van der Waals surface area (Å²) in [5, 5.41) is 3.11. The van der Waals surface area contributed by atoms with E-state index in [1.54, 1.807) is 12.1 Å². The highest BCUT2D eigenvalue weighted by Crippen LogP contribution is 2.25. The van der Waals surface area contributed by atoms with E-state index in [1.165, 1.54) is 6.20 Å². The van der Waals surface area contributed by atoms with E-state index in [2.05, 4.69) is 15.3 Å². The van der Waals surface area contributed by atoms with Crippen LogP contribution in [0.4, 0.5) is 5.69 Å². The van der Waals surface area contributed by atoms with Gasteiger partial charge in [-0.05, 0) is 37.6 Å². The molecule has 0 aliphatic heterocycles. The maximum absolute atomic E-state index is 12.1. The number of hydrogen-bond acceptors (Lipinski definition) is 3. The van der Waals surface area contributed by atoms with Crippen molar-refractivity contribution in [2.75, 3.05) is 5.32 Å². The van der Waals surface area contributed by atoms with Gasteiger partial charge >= 0.3 is 0 Å². The second-order valence-corrected chi connectivity index (χ2v) is 4.76. The standard InChI is InChI=1S/C13H11Cl2N3O/c1-7-6-8(2)17-12(15)10(7)18-13(19)9-4-3-5-16-11(9)14/h3-6H,1-2H3,(H,18,19). The lowest BCUT2D eigenvalue weighted by molar-refractivity contribution is 0.102. The third-order valence-electron chi connectivity index (χ3n) is 2.54. The van der Waals surface area contributed by atoms with Gasteiger partial charge in [-0.2, -0.15) is 0 Å². The highest BCUT2D eigenvalue weighted by atomic mass is 35.5. The van der Waals surface area contributed by atoms with Crippen LogP contribution in [0, 0.1) is 13.8 Å². The topological polar surface area (TPSA) is 54.9 Å². The van der Waals surface area contributed by atoms with Gasteiger partial charge < -0.3 is 5.32 Å². The fourth-order valence-corrected chi connectivity index (χ4v) is 2.21. The highest BCUT2D eigenvalue weighted by Gasteiger charge is 2.14. The number of nitrogens with zero attached hydrogens (tertiary/aromatic N) is 2. The Hall–Kier alpha value is -1.65. The Kier molecular flexibility index (Phi) is 4.02. The predicted molar refractivity (Wildman–Crippen MR) is 75.9 cm³/mol. The Labute approximate surface area is 120 Å². The predicted octanol–water partition coefficient (Wildman–Crippen LogP) is 3.65. The van der Waals surface area contributed by atoms with Crippen molar-refractivity contribution in [3.63, 3.8) is 0 Å². The lowest BCUT2D eigenvalue weighted by atomic mass is 10.2. The Morgan fingerprint density at radius 3 is 2.63 bits per heavy atom. The molecule has 0 fully saturated rings. The summed E-state index contributed by atoms with van der Waals surface area (Å²) in [6.45, 7) is 3.68. The first-order valence-electron chi connectivity index (χ1n) is 5.54. The average molecular weight is 296 g/mol. The van der Waals surface area contributed by atoms with Gasteiger partial charge in [-0.3, -0.25) is 4.79 Å². The monoisotopic (exact) mass is 295 g/mol. The van der Waals surface area contributed by atoms with Crippen LogP contribution in [0.1, 0.15) is 21.6 Å². The molecule has 0 saturated heterocycles. The Bertz CT molecular complexity index is 621. The molecular weight excluding hydrogens is 285 g/mol.